The van der Waals surface area contributed by atoms with Crippen LogP contribution in [0.1, 0.15) is 107 Å². The van der Waals surface area contributed by atoms with Gasteiger partial charge in [-0.3, -0.25) is 0 Å². The van der Waals surface area contributed by atoms with Crippen LogP contribution in [0.2, 0.25) is 0 Å². The molecule has 5 heteroatoms. The van der Waals surface area contributed by atoms with E-state index >= 15 is 0 Å². The van der Waals surface area contributed by atoms with Gasteiger partial charge in [-0.15, -0.1) is 0 Å². The molecule has 29 heavy (non-hydrogen) atoms. The molecule has 0 bridgehead atoms. The largest absolute Gasteiger partial charge is 0.396 e. The number of aliphatic hydroxyl groups is 4. The monoisotopic (exact) mass is 588 g/mol. The van der Waals surface area contributed by atoms with Gasteiger partial charge >= 0.3 is 0 Å². The standard InChI is InChI=1S/4C6H14O.Hf/c4*1-3-6(2)4-5-7;/h4*6-7H,3-5H2,1-2H3;. The first kappa shape index (κ1) is 40.1. The van der Waals surface area contributed by atoms with Gasteiger partial charge in [0.1, 0.15) is 0 Å². The van der Waals surface area contributed by atoms with Crippen LogP contribution < -0.4 is 0 Å². The summed E-state index contributed by atoms with van der Waals surface area (Å²) in [6, 6.07) is 0. The third kappa shape index (κ3) is 47.8. The molecule has 0 aliphatic rings. The van der Waals surface area contributed by atoms with E-state index in [0.717, 1.165) is 25.7 Å². The molecule has 4 unspecified atom stereocenters. The normalized spacial score (nSPS) is 13.7. The molecular weight excluding hydrogens is 531 g/mol. The minimum absolute atomic E-state index is 0. The first-order chi connectivity index (χ1) is 13.2. The summed E-state index contributed by atoms with van der Waals surface area (Å²) < 4.78 is 0. The second kappa shape index (κ2) is 36.1. The molecule has 0 spiro atoms. The summed E-state index contributed by atoms with van der Waals surface area (Å²) in [5, 5.41) is 33.5. The van der Waals surface area contributed by atoms with Gasteiger partial charge in [0.25, 0.3) is 0 Å². The number of rotatable bonds is 12. The zero-order chi connectivity index (χ0) is 22.8. The molecule has 0 saturated heterocycles. The molecule has 0 aliphatic heterocycles. The molecule has 0 amide bonds. The fourth-order valence-electron chi connectivity index (χ4n) is 1.70. The van der Waals surface area contributed by atoms with Crippen molar-refractivity contribution >= 4 is 0 Å². The molecular formula is C24H56HfO4. The van der Waals surface area contributed by atoms with Crippen molar-refractivity contribution in [2.45, 2.75) is 107 Å². The summed E-state index contributed by atoms with van der Waals surface area (Å²) in [6.45, 7) is 18.5. The second-order valence-corrected chi connectivity index (χ2v) is 8.10. The van der Waals surface area contributed by atoms with Crippen LogP contribution in [0.25, 0.3) is 0 Å². The van der Waals surface area contributed by atoms with E-state index in [4.69, 9.17) is 20.4 Å². The van der Waals surface area contributed by atoms with Crippen LogP contribution in [0, 0.1) is 23.7 Å². The summed E-state index contributed by atoms with van der Waals surface area (Å²) in [7, 11) is 0. The molecule has 4 atom stereocenters. The van der Waals surface area contributed by atoms with Crippen LogP contribution in [0.15, 0.2) is 0 Å². The van der Waals surface area contributed by atoms with E-state index in [1.165, 1.54) is 25.7 Å². The molecule has 4 N–H and O–H groups in total. The Morgan fingerprint density at radius 2 is 0.552 bits per heavy atom. The topological polar surface area (TPSA) is 80.9 Å². The van der Waals surface area contributed by atoms with Gasteiger partial charge in [0.05, 0.1) is 0 Å². The van der Waals surface area contributed by atoms with E-state index in [1.807, 2.05) is 0 Å². The maximum atomic E-state index is 8.37. The molecule has 0 saturated carbocycles. The Kier molecular flexibility index (Phi) is 49.9. The summed E-state index contributed by atoms with van der Waals surface area (Å²) in [5.41, 5.74) is 0. The van der Waals surface area contributed by atoms with Gasteiger partial charge in [-0.05, 0) is 49.4 Å². The molecule has 0 aromatic rings. The summed E-state index contributed by atoms with van der Waals surface area (Å²) in [6.07, 6.45) is 8.54. The van der Waals surface area contributed by atoms with E-state index in [2.05, 4.69) is 55.4 Å². The predicted octanol–water partition coefficient (Wildman–Crippen LogP) is 5.66. The van der Waals surface area contributed by atoms with Crippen molar-refractivity contribution in [3.63, 3.8) is 0 Å². The van der Waals surface area contributed by atoms with Gasteiger partial charge in [0.2, 0.25) is 0 Å². The Morgan fingerprint density at radius 1 is 0.414 bits per heavy atom. The number of aliphatic hydroxyl groups excluding tert-OH is 4. The van der Waals surface area contributed by atoms with Crippen LogP contribution in [0.5, 0.6) is 0 Å². The fourth-order valence-corrected chi connectivity index (χ4v) is 1.70. The Labute approximate surface area is 202 Å². The summed E-state index contributed by atoms with van der Waals surface area (Å²) >= 11 is 0. The molecule has 0 rings (SSSR count). The van der Waals surface area contributed by atoms with E-state index in [-0.39, 0.29) is 25.8 Å². The van der Waals surface area contributed by atoms with Crippen molar-refractivity contribution in [1.82, 2.24) is 0 Å². The first-order valence-corrected chi connectivity index (χ1v) is 11.7. The smallest absolute Gasteiger partial charge is 0.0433 e. The van der Waals surface area contributed by atoms with Crippen LogP contribution in [0.4, 0.5) is 0 Å². The first-order valence-electron chi connectivity index (χ1n) is 11.7. The average molecular weight is 587 g/mol. The molecule has 180 valence electrons. The van der Waals surface area contributed by atoms with Crippen LogP contribution in [-0.4, -0.2) is 46.9 Å². The van der Waals surface area contributed by atoms with E-state index < -0.39 is 0 Å². The maximum absolute atomic E-state index is 8.37. The van der Waals surface area contributed by atoms with Gasteiger partial charge in [-0.25, -0.2) is 0 Å². The predicted molar refractivity (Wildman–Crippen MR) is 125 cm³/mol. The number of hydrogen-bond acceptors (Lipinski definition) is 4. The van der Waals surface area contributed by atoms with Crippen molar-refractivity contribution in [2.75, 3.05) is 26.4 Å². The third-order valence-corrected chi connectivity index (χ3v) is 5.28. The number of hydrogen-bond donors (Lipinski definition) is 4. The zero-order valence-corrected chi connectivity index (χ0v) is 24.7. The molecule has 0 aromatic heterocycles. The Hall–Kier alpha value is 0.710. The van der Waals surface area contributed by atoms with Gasteiger partial charge in [-0.2, -0.15) is 0 Å². The van der Waals surface area contributed by atoms with Crippen LogP contribution >= 0.6 is 0 Å². The maximum Gasteiger partial charge on any atom is 0.0433 e. The van der Waals surface area contributed by atoms with Gasteiger partial charge in [0, 0.05) is 52.3 Å². The van der Waals surface area contributed by atoms with Crippen molar-refractivity contribution in [1.29, 1.82) is 0 Å². The molecule has 4 nitrogen and oxygen atoms in total. The Bertz CT molecular complexity index is 195. The van der Waals surface area contributed by atoms with Crippen LogP contribution in [-0.2, 0) is 25.8 Å². The molecule has 0 aliphatic carbocycles. The van der Waals surface area contributed by atoms with Crippen molar-refractivity contribution < 1.29 is 46.3 Å². The summed E-state index contributed by atoms with van der Waals surface area (Å²) in [5.74, 6) is 2.80. The summed E-state index contributed by atoms with van der Waals surface area (Å²) in [4.78, 5) is 0. The molecule has 0 radical (unpaired) electrons. The third-order valence-electron chi connectivity index (χ3n) is 5.28. The van der Waals surface area contributed by atoms with E-state index in [9.17, 15) is 0 Å². The Balaban J connectivity index is -0.0000000873. The quantitative estimate of drug-likeness (QED) is 0.223. The molecule has 0 aromatic carbocycles. The van der Waals surface area contributed by atoms with Gasteiger partial charge in [-0.1, -0.05) is 81.1 Å². The Morgan fingerprint density at radius 3 is 0.586 bits per heavy atom. The van der Waals surface area contributed by atoms with Crippen molar-refractivity contribution in [2.24, 2.45) is 23.7 Å². The average Bonchev–Trinajstić information content (AvgIpc) is 2.70. The van der Waals surface area contributed by atoms with Crippen molar-refractivity contribution in [3.05, 3.63) is 0 Å². The fraction of sp³-hybridized carbons (Fsp3) is 1.00. The zero-order valence-electron chi connectivity index (χ0n) is 21.1. The minimum atomic E-state index is 0. The second-order valence-electron chi connectivity index (χ2n) is 8.10. The van der Waals surface area contributed by atoms with E-state index in [1.54, 1.807) is 0 Å². The SMILES string of the molecule is CCC(C)CCO.CCC(C)CCO.CCC(C)CCO.CCC(C)CCO.[Hf]. The van der Waals surface area contributed by atoms with Gasteiger partial charge < -0.3 is 20.4 Å². The van der Waals surface area contributed by atoms with E-state index in [0.29, 0.717) is 50.1 Å². The van der Waals surface area contributed by atoms with Crippen LogP contribution in [0.3, 0.4) is 0 Å². The molecule has 0 heterocycles. The molecule has 0 fully saturated rings. The van der Waals surface area contributed by atoms with Crippen molar-refractivity contribution in [3.8, 4) is 0 Å². The minimum Gasteiger partial charge on any atom is -0.396 e. The van der Waals surface area contributed by atoms with Gasteiger partial charge in [0.15, 0.2) is 0 Å².